The Morgan fingerprint density at radius 3 is 2.14 bits per heavy atom. The summed E-state index contributed by atoms with van der Waals surface area (Å²) < 4.78 is 64.2. The largest absolute Gasteiger partial charge is 0.462 e. The maximum atomic E-state index is 14.3. The topological polar surface area (TPSA) is 170 Å². The lowest BCUT2D eigenvalue weighted by Crippen LogP contribution is -2.63. The van der Waals surface area contributed by atoms with Gasteiger partial charge in [0, 0.05) is 38.6 Å². The molecule has 65 heavy (non-hydrogen) atoms. The SMILES string of the molecule is C=C1COCC[C@H]2C[C@@H](C)C(=O)/C=C/C(C)=C/[C@H](COC3O[C@H](C)[C@@H](O[Si](CC)(CC)CC)[C@@H](OC)[C@H]3OC)[C@@H](CC)OC(=O)C[C@@H](OC1)[C@H](C)[C@H]2OC1O[C@H](C)[C@@H](O)[C@H](N(C)C)[C@H]1O. The fraction of sp³-hybridized carbons (Fsp3) is 0.837. The highest BCUT2D eigenvalue weighted by molar-refractivity contribution is 6.73. The summed E-state index contributed by atoms with van der Waals surface area (Å²) >= 11 is 0. The molecule has 17 atom stereocenters. The maximum absolute atomic E-state index is 14.3. The van der Waals surface area contributed by atoms with E-state index in [1.807, 2.05) is 40.7 Å². The van der Waals surface area contributed by atoms with Gasteiger partial charge in [-0.05, 0) is 89.8 Å². The number of methoxy groups -OCH3 is 2. The molecule has 374 valence electrons. The molecule has 2 bridgehead atoms. The number of carbonyl (C=O) groups excluding carboxylic acids is 2. The van der Waals surface area contributed by atoms with Crippen LogP contribution >= 0.6 is 0 Å². The van der Waals surface area contributed by atoms with Crippen molar-refractivity contribution in [3.63, 3.8) is 0 Å². The minimum atomic E-state index is -2.04. The quantitative estimate of drug-likeness (QED) is 0.118. The van der Waals surface area contributed by atoms with Crippen molar-refractivity contribution in [1.29, 1.82) is 0 Å². The zero-order chi connectivity index (χ0) is 48.2. The van der Waals surface area contributed by atoms with Gasteiger partial charge in [-0.1, -0.05) is 65.8 Å². The molecular weight excluding hydrogens is 855 g/mol. The second-order valence-electron chi connectivity index (χ2n) is 19.2. The van der Waals surface area contributed by atoms with Crippen molar-refractivity contribution in [2.75, 3.05) is 54.7 Å². The molecule has 0 saturated carbocycles. The number of likely N-dealkylation sites (N-methyl/N-ethyl adjacent to an activating group) is 1. The van der Waals surface area contributed by atoms with Crippen LogP contribution in [0.5, 0.6) is 0 Å². The van der Waals surface area contributed by atoms with Gasteiger partial charge in [-0.2, -0.15) is 0 Å². The van der Waals surface area contributed by atoms with E-state index in [0.717, 1.165) is 23.7 Å². The van der Waals surface area contributed by atoms with E-state index in [1.165, 1.54) is 0 Å². The highest BCUT2D eigenvalue weighted by atomic mass is 28.4. The molecule has 15 nitrogen and oxygen atoms in total. The Kier molecular flexibility index (Phi) is 22.4. The molecular formula is C49H85NO14Si. The monoisotopic (exact) mass is 940 g/mol. The lowest BCUT2D eigenvalue weighted by molar-refractivity contribution is -0.305. The van der Waals surface area contributed by atoms with Gasteiger partial charge in [-0.3, -0.25) is 9.59 Å². The Morgan fingerprint density at radius 2 is 1.52 bits per heavy atom. The molecule has 0 aromatic carbocycles. The fourth-order valence-electron chi connectivity index (χ4n) is 10.0. The van der Waals surface area contributed by atoms with Crippen LogP contribution in [0.25, 0.3) is 0 Å². The predicted molar refractivity (Wildman–Crippen MR) is 250 cm³/mol. The number of ketones is 1. The number of nitrogens with zero attached hydrogens (tertiary/aromatic N) is 1. The Morgan fingerprint density at radius 1 is 0.862 bits per heavy atom. The van der Waals surface area contributed by atoms with Gasteiger partial charge in [0.2, 0.25) is 0 Å². The summed E-state index contributed by atoms with van der Waals surface area (Å²) in [7, 11) is 4.81. The third-order valence-electron chi connectivity index (χ3n) is 14.4. The Balaban J connectivity index is 1.69. The number of esters is 1. The lowest BCUT2D eigenvalue weighted by Gasteiger charge is -2.47. The van der Waals surface area contributed by atoms with Crippen LogP contribution in [-0.2, 0) is 56.6 Å². The Bertz CT molecular complexity index is 1550. The first kappa shape index (κ1) is 55.7. The normalized spacial score (nSPS) is 40.2. The number of allylic oxidation sites excluding steroid dienone is 3. The third-order valence-corrected chi connectivity index (χ3v) is 19.0. The summed E-state index contributed by atoms with van der Waals surface area (Å²) in [5, 5.41) is 22.6. The molecule has 0 radical (unpaired) electrons. The molecule has 16 heteroatoms. The molecule has 3 fully saturated rings. The average molecular weight is 940 g/mol. The van der Waals surface area contributed by atoms with Crippen molar-refractivity contribution in [1.82, 2.24) is 4.90 Å². The lowest BCUT2D eigenvalue weighted by atomic mass is 9.79. The van der Waals surface area contributed by atoms with Gasteiger partial charge in [0.1, 0.15) is 24.4 Å². The van der Waals surface area contributed by atoms with E-state index in [2.05, 4.69) is 27.4 Å². The van der Waals surface area contributed by atoms with Crippen molar-refractivity contribution in [2.24, 2.45) is 23.7 Å². The van der Waals surface area contributed by atoms with E-state index < -0.39 is 99.5 Å². The highest BCUT2D eigenvalue weighted by Gasteiger charge is 2.50. The van der Waals surface area contributed by atoms with Crippen molar-refractivity contribution < 1.29 is 66.9 Å². The van der Waals surface area contributed by atoms with Crippen LogP contribution in [0.3, 0.4) is 0 Å². The van der Waals surface area contributed by atoms with Gasteiger partial charge >= 0.3 is 5.97 Å². The summed E-state index contributed by atoms with van der Waals surface area (Å²) in [6, 6.07) is 2.27. The van der Waals surface area contributed by atoms with Crippen LogP contribution < -0.4 is 0 Å². The molecule has 0 spiro atoms. The van der Waals surface area contributed by atoms with Crippen molar-refractivity contribution in [3.05, 3.63) is 36.0 Å². The molecule has 4 aliphatic rings. The molecule has 0 aromatic heterocycles. The highest BCUT2D eigenvalue weighted by Crippen LogP contribution is 2.37. The first-order chi connectivity index (χ1) is 30.9. The first-order valence-corrected chi connectivity index (χ1v) is 26.7. The zero-order valence-electron chi connectivity index (χ0n) is 41.8. The van der Waals surface area contributed by atoms with Crippen molar-refractivity contribution in [2.45, 2.75) is 186 Å². The van der Waals surface area contributed by atoms with E-state index in [9.17, 15) is 19.8 Å². The number of hydrogen-bond acceptors (Lipinski definition) is 15. The van der Waals surface area contributed by atoms with Gasteiger partial charge in [0.05, 0.1) is 68.9 Å². The smallest absolute Gasteiger partial charge is 0.308 e. The molecule has 2 N–H and O–H groups in total. The van der Waals surface area contributed by atoms with Gasteiger partial charge in [-0.15, -0.1) is 0 Å². The van der Waals surface area contributed by atoms with Crippen molar-refractivity contribution in [3.8, 4) is 0 Å². The number of aliphatic hydroxyl groups excluding tert-OH is 2. The number of hydrogen-bond donors (Lipinski definition) is 2. The minimum Gasteiger partial charge on any atom is -0.462 e. The van der Waals surface area contributed by atoms with Gasteiger partial charge in [-0.25, -0.2) is 0 Å². The first-order valence-electron chi connectivity index (χ1n) is 24.2. The Labute approximate surface area is 390 Å². The van der Waals surface area contributed by atoms with Gasteiger partial charge in [0.15, 0.2) is 26.7 Å². The van der Waals surface area contributed by atoms with Crippen LogP contribution in [0.4, 0.5) is 0 Å². The molecule has 2 unspecified atom stereocenters. The number of cyclic esters (lactones) is 1. The van der Waals surface area contributed by atoms with E-state index in [4.69, 9.17) is 47.1 Å². The summed E-state index contributed by atoms with van der Waals surface area (Å²) in [5.41, 5.74) is 1.51. The molecule has 3 saturated heterocycles. The molecule has 0 aromatic rings. The summed E-state index contributed by atoms with van der Waals surface area (Å²) in [4.78, 5) is 30.1. The third kappa shape index (κ3) is 14.6. The fourth-order valence-corrected chi connectivity index (χ4v) is 12.9. The summed E-state index contributed by atoms with van der Waals surface area (Å²) in [6.45, 7) is 23.1. The average Bonchev–Trinajstić information content (AvgIpc) is 3.29. The van der Waals surface area contributed by atoms with E-state index in [1.54, 1.807) is 52.3 Å². The number of ether oxygens (including phenoxy) is 9. The Hall–Kier alpha value is -1.90. The van der Waals surface area contributed by atoms with E-state index >= 15 is 0 Å². The maximum Gasteiger partial charge on any atom is 0.308 e. The van der Waals surface area contributed by atoms with Crippen LogP contribution in [0, 0.1) is 23.7 Å². The number of aliphatic hydroxyl groups is 2. The zero-order valence-corrected chi connectivity index (χ0v) is 42.8. The van der Waals surface area contributed by atoms with Crippen LogP contribution in [-0.4, -0.2) is 170 Å². The molecule has 0 amide bonds. The summed E-state index contributed by atoms with van der Waals surface area (Å²) in [6.07, 6.45) is -1.86. The standard InChI is InChI=1S/C49H85NO14Si/c1-15-38-36(28-59-49-47(56-14)46(55-13)45(34(10)61-49)64-65(16-2,17-3)18-4)23-29(5)19-20-37(51)31(7)24-35-21-22-57-26-30(6)27-58-39(25-40(52)62-38)32(8)44(35)63-48-43(54)41(50(11)12)42(53)33(9)60-48/h19-20,23,31-36,38-39,41-49,53-54H,6,15-18,21-22,24-28H2,1-5,7-14H3/b20-19+,29-23+/t31-,32+,33-,34-,35+,36-,38-,39-,41+,42-,43-,44-,45-,46-,47-,48?,49?/m1/s1. The van der Waals surface area contributed by atoms with Crippen LogP contribution in [0.2, 0.25) is 18.1 Å². The number of fused-ring (bicyclic) bond motifs is 3. The van der Waals surface area contributed by atoms with E-state index in [-0.39, 0.29) is 50.2 Å². The van der Waals surface area contributed by atoms with Crippen LogP contribution in [0.1, 0.15) is 88.0 Å². The van der Waals surface area contributed by atoms with Gasteiger partial charge in [0.25, 0.3) is 0 Å². The predicted octanol–water partition coefficient (Wildman–Crippen LogP) is 6.00. The minimum absolute atomic E-state index is 0.0616. The van der Waals surface area contributed by atoms with Crippen molar-refractivity contribution >= 4 is 20.1 Å². The van der Waals surface area contributed by atoms with E-state index in [0.29, 0.717) is 31.4 Å². The molecule has 0 aliphatic carbocycles. The second-order valence-corrected chi connectivity index (χ2v) is 23.9. The van der Waals surface area contributed by atoms with Gasteiger partial charge < -0.3 is 62.2 Å². The van der Waals surface area contributed by atoms with Crippen LogP contribution in [0.15, 0.2) is 36.0 Å². The molecule has 4 aliphatic heterocycles. The summed E-state index contributed by atoms with van der Waals surface area (Å²) in [5.74, 6) is -2.16. The second kappa shape index (κ2) is 26.2. The number of rotatable bonds is 14. The molecule has 4 rings (SSSR count). The number of carbonyl (C=O) groups is 2. The molecule has 4 heterocycles.